The van der Waals surface area contributed by atoms with Gasteiger partial charge in [0, 0.05) is 5.56 Å². The number of rotatable bonds is 9. The van der Waals surface area contributed by atoms with Gasteiger partial charge in [0.1, 0.15) is 17.6 Å². The molecule has 30 heavy (non-hydrogen) atoms. The monoisotopic (exact) mass is 415 g/mol. The summed E-state index contributed by atoms with van der Waals surface area (Å²) >= 11 is 0. The Kier molecular flexibility index (Phi) is 8.09. The molecular formula is C23H26FNO5. The van der Waals surface area contributed by atoms with E-state index in [1.807, 2.05) is 6.92 Å². The first-order valence-electron chi connectivity index (χ1n) is 9.77. The zero-order chi connectivity index (χ0) is 22.3. The van der Waals surface area contributed by atoms with Crippen molar-refractivity contribution in [3.05, 3.63) is 65.5 Å². The number of carbonyl (C=O) groups is 3. The van der Waals surface area contributed by atoms with Gasteiger partial charge in [-0.1, -0.05) is 26.0 Å². The number of amides is 1. The lowest BCUT2D eigenvalue weighted by Gasteiger charge is -2.23. The fourth-order valence-electron chi connectivity index (χ4n) is 2.78. The number of hydrogen-bond donors (Lipinski definition) is 1. The minimum atomic E-state index is -1.05. The van der Waals surface area contributed by atoms with E-state index >= 15 is 0 Å². The number of benzene rings is 2. The van der Waals surface area contributed by atoms with E-state index in [4.69, 9.17) is 9.47 Å². The van der Waals surface area contributed by atoms with Gasteiger partial charge < -0.3 is 14.8 Å². The molecule has 160 valence electrons. The Balaban J connectivity index is 2.05. The number of esters is 1. The molecule has 2 aromatic carbocycles. The minimum Gasteiger partial charge on any atom is -0.494 e. The molecule has 2 rings (SSSR count). The van der Waals surface area contributed by atoms with Gasteiger partial charge in [-0.2, -0.15) is 0 Å². The van der Waals surface area contributed by atoms with Gasteiger partial charge in [-0.15, -0.1) is 0 Å². The summed E-state index contributed by atoms with van der Waals surface area (Å²) < 4.78 is 24.5. The average molecular weight is 415 g/mol. The fourth-order valence-corrected chi connectivity index (χ4v) is 2.78. The summed E-state index contributed by atoms with van der Waals surface area (Å²) in [6.45, 7) is 7.26. The van der Waals surface area contributed by atoms with Crippen LogP contribution in [0.3, 0.4) is 0 Å². The Bertz CT molecular complexity index is 895. The predicted octanol–water partition coefficient (Wildman–Crippen LogP) is 3.79. The molecule has 0 radical (unpaired) electrons. The van der Waals surface area contributed by atoms with Crippen LogP contribution in [0.4, 0.5) is 4.39 Å². The first-order valence-corrected chi connectivity index (χ1v) is 9.77. The third-order valence-electron chi connectivity index (χ3n) is 4.44. The second-order valence-electron chi connectivity index (χ2n) is 7.08. The molecule has 0 bridgehead atoms. The molecule has 0 aliphatic rings. The Hall–Kier alpha value is -3.22. The smallest absolute Gasteiger partial charge is 0.329 e. The molecule has 0 fully saturated rings. The molecular weight excluding hydrogens is 389 g/mol. The number of ether oxygens (including phenoxy) is 2. The largest absolute Gasteiger partial charge is 0.494 e. The Morgan fingerprint density at radius 3 is 2.20 bits per heavy atom. The highest BCUT2D eigenvalue weighted by Crippen LogP contribution is 2.16. The summed E-state index contributed by atoms with van der Waals surface area (Å²) in [4.78, 5) is 37.6. The maximum Gasteiger partial charge on any atom is 0.329 e. The van der Waals surface area contributed by atoms with Crippen LogP contribution < -0.4 is 10.1 Å². The molecule has 0 heterocycles. The lowest BCUT2D eigenvalue weighted by molar-refractivity contribution is -0.149. The molecule has 7 heteroatoms. The van der Waals surface area contributed by atoms with Crippen molar-refractivity contribution in [1.82, 2.24) is 5.32 Å². The van der Waals surface area contributed by atoms with Crippen LogP contribution in [-0.4, -0.2) is 36.4 Å². The van der Waals surface area contributed by atoms with E-state index in [2.05, 4.69) is 5.32 Å². The first-order chi connectivity index (χ1) is 14.2. The number of nitrogens with one attached hydrogen (secondary N) is 1. The summed E-state index contributed by atoms with van der Waals surface area (Å²) in [5.74, 6) is -2.26. The molecule has 0 aromatic heterocycles. The van der Waals surface area contributed by atoms with Crippen LogP contribution in [0.5, 0.6) is 5.75 Å². The molecule has 2 aromatic rings. The van der Waals surface area contributed by atoms with E-state index in [9.17, 15) is 18.8 Å². The van der Waals surface area contributed by atoms with Gasteiger partial charge in [-0.3, -0.25) is 9.59 Å². The second-order valence-corrected chi connectivity index (χ2v) is 7.08. The topological polar surface area (TPSA) is 81.7 Å². The van der Waals surface area contributed by atoms with Crippen molar-refractivity contribution < 1.29 is 28.2 Å². The van der Waals surface area contributed by atoms with Gasteiger partial charge in [0.2, 0.25) is 5.78 Å². The first kappa shape index (κ1) is 23.1. The van der Waals surface area contributed by atoms with Gasteiger partial charge >= 0.3 is 5.97 Å². The van der Waals surface area contributed by atoms with E-state index in [1.165, 1.54) is 25.1 Å². The lowest BCUT2D eigenvalue weighted by atomic mass is 10.0. The van der Waals surface area contributed by atoms with Crippen LogP contribution in [0.2, 0.25) is 0 Å². The van der Waals surface area contributed by atoms with E-state index in [1.54, 1.807) is 38.1 Å². The summed E-state index contributed by atoms with van der Waals surface area (Å²) in [6.07, 6.45) is -1.05. The SMILES string of the molecule is CCOc1ccc(C(=O)[C@@H](C)OC(=O)[C@H](NC(=O)c2ccccc2F)C(C)C)cc1. The van der Waals surface area contributed by atoms with Gasteiger partial charge in [0.05, 0.1) is 12.2 Å². The van der Waals surface area contributed by atoms with Gasteiger partial charge in [-0.05, 0) is 56.2 Å². The quantitative estimate of drug-likeness (QED) is 0.498. The Morgan fingerprint density at radius 1 is 1.00 bits per heavy atom. The fraction of sp³-hybridized carbons (Fsp3) is 0.348. The third kappa shape index (κ3) is 5.89. The zero-order valence-corrected chi connectivity index (χ0v) is 17.5. The average Bonchev–Trinajstić information content (AvgIpc) is 2.72. The number of hydrogen-bond acceptors (Lipinski definition) is 5. The van der Waals surface area contributed by atoms with Crippen LogP contribution in [-0.2, 0) is 9.53 Å². The highest BCUT2D eigenvalue weighted by molar-refractivity contribution is 6.01. The summed E-state index contributed by atoms with van der Waals surface area (Å²) in [6, 6.07) is 11.0. The van der Waals surface area contributed by atoms with E-state index in [0.717, 1.165) is 6.07 Å². The van der Waals surface area contributed by atoms with Crippen LogP contribution in [0, 0.1) is 11.7 Å². The molecule has 0 aliphatic carbocycles. The van der Waals surface area contributed by atoms with Crippen LogP contribution >= 0.6 is 0 Å². The molecule has 0 saturated heterocycles. The van der Waals surface area contributed by atoms with Crippen molar-refractivity contribution >= 4 is 17.7 Å². The molecule has 6 nitrogen and oxygen atoms in total. The van der Waals surface area contributed by atoms with E-state index in [0.29, 0.717) is 17.9 Å². The maximum absolute atomic E-state index is 13.8. The van der Waals surface area contributed by atoms with Crippen molar-refractivity contribution in [3.63, 3.8) is 0 Å². The maximum atomic E-state index is 13.8. The highest BCUT2D eigenvalue weighted by Gasteiger charge is 2.30. The van der Waals surface area contributed by atoms with E-state index < -0.39 is 29.8 Å². The molecule has 0 saturated carbocycles. The predicted molar refractivity (Wildman–Crippen MR) is 110 cm³/mol. The summed E-state index contributed by atoms with van der Waals surface area (Å²) in [5, 5.41) is 2.50. The minimum absolute atomic E-state index is 0.172. The standard InChI is InChI=1S/C23H26FNO5/c1-5-29-17-12-10-16(11-13-17)21(26)15(4)30-23(28)20(14(2)3)25-22(27)18-8-6-7-9-19(18)24/h6-15,20H,5H2,1-4H3,(H,25,27)/t15-,20-/m1/s1. The van der Waals surface area contributed by atoms with Crippen LogP contribution in [0.25, 0.3) is 0 Å². The lowest BCUT2D eigenvalue weighted by Crippen LogP contribution is -2.47. The molecule has 2 atom stereocenters. The number of Topliss-reactive ketones (excluding diaryl/α,β-unsaturated/α-hetero) is 1. The number of ketones is 1. The van der Waals surface area contributed by atoms with Crippen LogP contribution in [0.15, 0.2) is 48.5 Å². The summed E-state index contributed by atoms with van der Waals surface area (Å²) in [5.41, 5.74) is 0.199. The normalized spacial score (nSPS) is 12.7. The molecule has 1 N–H and O–H groups in total. The zero-order valence-electron chi connectivity index (χ0n) is 17.5. The molecule has 1 amide bonds. The van der Waals surface area contributed by atoms with Crippen molar-refractivity contribution in [3.8, 4) is 5.75 Å². The molecule has 0 aliphatic heterocycles. The Morgan fingerprint density at radius 2 is 1.63 bits per heavy atom. The van der Waals surface area contributed by atoms with Gasteiger partial charge in [0.25, 0.3) is 5.91 Å². The third-order valence-corrected chi connectivity index (χ3v) is 4.44. The highest BCUT2D eigenvalue weighted by atomic mass is 19.1. The molecule has 0 spiro atoms. The summed E-state index contributed by atoms with van der Waals surface area (Å²) in [7, 11) is 0. The van der Waals surface area contributed by atoms with Crippen molar-refractivity contribution in [2.24, 2.45) is 5.92 Å². The Labute approximate surface area is 175 Å². The number of halogens is 1. The van der Waals surface area contributed by atoms with Gasteiger partial charge in [-0.25, -0.2) is 9.18 Å². The van der Waals surface area contributed by atoms with Crippen LogP contribution in [0.1, 0.15) is 48.4 Å². The van der Waals surface area contributed by atoms with Crippen molar-refractivity contribution in [2.75, 3.05) is 6.61 Å². The second kappa shape index (κ2) is 10.5. The van der Waals surface area contributed by atoms with Crippen molar-refractivity contribution in [2.45, 2.75) is 39.8 Å². The van der Waals surface area contributed by atoms with Crippen molar-refractivity contribution in [1.29, 1.82) is 0 Å². The van der Waals surface area contributed by atoms with E-state index in [-0.39, 0.29) is 17.3 Å². The molecule has 0 unspecified atom stereocenters. The van der Waals surface area contributed by atoms with Gasteiger partial charge in [0.15, 0.2) is 6.10 Å². The number of carbonyl (C=O) groups excluding carboxylic acids is 3.